The van der Waals surface area contributed by atoms with Crippen LogP contribution >= 0.6 is 0 Å². The molecular weight excluding hydrogens is 389 g/mol. The van der Waals surface area contributed by atoms with Crippen LogP contribution < -0.4 is 0 Å². The zero-order chi connectivity index (χ0) is 21.4. The van der Waals surface area contributed by atoms with Gasteiger partial charge in [-0.1, -0.05) is 43.8 Å². The fourth-order valence-electron chi connectivity index (χ4n) is 0.534. The third-order valence-corrected chi connectivity index (χ3v) is 4.92. The minimum absolute atomic E-state index is 0.0694. The summed E-state index contributed by atoms with van der Waals surface area (Å²) in [5, 5.41) is 0. The van der Waals surface area contributed by atoms with Gasteiger partial charge in [0.1, 0.15) is 8.07 Å². The van der Waals surface area contributed by atoms with Gasteiger partial charge in [-0.25, -0.2) is 0 Å². The Morgan fingerprint density at radius 3 is 1.27 bits per heavy atom. The predicted octanol–water partition coefficient (Wildman–Crippen LogP) is 6.33. The molecule has 2 heteroatoms. The van der Waals surface area contributed by atoms with Crippen molar-refractivity contribution in [2.75, 3.05) is 0 Å². The van der Waals surface area contributed by atoms with Crippen LogP contribution in [0.5, 0.6) is 0 Å². The van der Waals surface area contributed by atoms with Crippen LogP contribution in [0.25, 0.3) is 0 Å². The molecule has 0 saturated carbocycles. The summed E-state index contributed by atoms with van der Waals surface area (Å²) in [4.78, 5) is 0. The summed E-state index contributed by atoms with van der Waals surface area (Å²) in [5.74, 6) is 11.7. The van der Waals surface area contributed by atoms with Gasteiger partial charge >= 0.3 is 41.7 Å². The monoisotopic (exact) mass is 426 g/mol. The zero-order valence-corrected chi connectivity index (χ0v) is 21.3. The van der Waals surface area contributed by atoms with Crippen LogP contribution in [0.4, 0.5) is 0 Å². The first-order chi connectivity index (χ1) is 11.6. The molecule has 0 saturated heterocycles. The van der Waals surface area contributed by atoms with Crippen molar-refractivity contribution in [1.29, 1.82) is 0 Å². The molecule has 140 valence electrons. The Kier molecular flexibility index (Phi) is 16.1. The molecule has 1 aromatic rings. The summed E-state index contributed by atoms with van der Waals surface area (Å²) in [5.41, 5.74) is 3.75. The number of hydrogen-bond acceptors (Lipinski definition) is 0. The number of terminal acetylenes is 4. The van der Waals surface area contributed by atoms with E-state index in [2.05, 4.69) is 59.0 Å². The van der Waals surface area contributed by atoms with Crippen molar-refractivity contribution in [3.05, 3.63) is 35.9 Å². The third kappa shape index (κ3) is 33.7. The van der Waals surface area contributed by atoms with Crippen molar-refractivity contribution < 1.29 is 0 Å². The predicted molar refractivity (Wildman–Crippen MR) is 127 cm³/mol. The van der Waals surface area contributed by atoms with Gasteiger partial charge in [-0.15, -0.1) is 30.7 Å². The molecule has 0 amide bonds. The summed E-state index contributed by atoms with van der Waals surface area (Å²) in [6, 6.07) is 9.60. The molecule has 0 bridgehead atoms. The van der Waals surface area contributed by atoms with Crippen molar-refractivity contribution in [1.82, 2.24) is 0 Å². The van der Waals surface area contributed by atoms with Gasteiger partial charge in [-0.2, -0.15) is 0 Å². The van der Waals surface area contributed by atoms with Crippen LogP contribution in [0.1, 0.15) is 26.3 Å². The maximum absolute atomic E-state index is 5.14. The second kappa shape index (κ2) is 14.4. The first-order valence-corrected chi connectivity index (χ1v) is 19.4. The molecule has 0 aliphatic carbocycles. The van der Waals surface area contributed by atoms with Crippen LogP contribution in [0.3, 0.4) is 0 Å². The normalized spacial score (nSPS) is 9.58. The second-order valence-electron chi connectivity index (χ2n) is 8.69. The van der Waals surface area contributed by atoms with E-state index in [9.17, 15) is 0 Å². The Morgan fingerprint density at radius 1 is 0.846 bits per heavy atom. The second-order valence-corrected chi connectivity index (χ2v) is 23.5. The van der Waals surface area contributed by atoms with Gasteiger partial charge in [-0.05, 0) is 32.9 Å². The summed E-state index contributed by atoms with van der Waals surface area (Å²) >= 11 is -1.51. The van der Waals surface area contributed by atoms with E-state index in [1.54, 1.807) is 0 Å². The number of rotatable bonds is 0. The Labute approximate surface area is 167 Å². The fraction of sp³-hybridized carbons (Fsp3) is 0.417. The zero-order valence-electron chi connectivity index (χ0n) is 18.2. The molecule has 0 N–H and O–H groups in total. The standard InChI is InChI=1S/C8H6.C6H10.C5H10Ge.C5H10Si/c1-2-8-6-4-3-5-7-8;3*1-5-6(2,3)4/h1,3-7H;3*1H,2-4H3. The molecule has 0 radical (unpaired) electrons. The van der Waals surface area contributed by atoms with Crippen molar-refractivity contribution in [3.8, 4) is 47.8 Å². The maximum atomic E-state index is 5.14. The van der Waals surface area contributed by atoms with Gasteiger partial charge in [0, 0.05) is 11.0 Å². The van der Waals surface area contributed by atoms with Gasteiger partial charge in [0.05, 0.1) is 0 Å². The molecular formula is C24H36GeSi. The van der Waals surface area contributed by atoms with E-state index in [1.165, 1.54) is 0 Å². The molecule has 0 unspecified atom stereocenters. The van der Waals surface area contributed by atoms with Crippen molar-refractivity contribution >= 4 is 21.3 Å². The van der Waals surface area contributed by atoms with Crippen LogP contribution in [0.2, 0.25) is 36.9 Å². The average Bonchev–Trinajstić information content (AvgIpc) is 2.55. The number of hydrogen-bond donors (Lipinski definition) is 0. The summed E-state index contributed by atoms with van der Waals surface area (Å²) in [6.45, 7) is 12.5. The minimum atomic E-state index is -1.51. The molecule has 0 spiro atoms. The molecule has 0 aliphatic rings. The van der Waals surface area contributed by atoms with E-state index in [0.717, 1.165) is 5.56 Å². The van der Waals surface area contributed by atoms with Crippen molar-refractivity contribution in [2.24, 2.45) is 5.41 Å². The van der Waals surface area contributed by atoms with Crippen molar-refractivity contribution in [3.63, 3.8) is 0 Å². The summed E-state index contributed by atoms with van der Waals surface area (Å²) in [7, 11) is -1.10. The van der Waals surface area contributed by atoms with Gasteiger partial charge in [0.25, 0.3) is 0 Å². The molecule has 0 aliphatic heterocycles. The van der Waals surface area contributed by atoms with Crippen molar-refractivity contribution in [2.45, 2.75) is 57.7 Å². The van der Waals surface area contributed by atoms with Crippen LogP contribution in [-0.4, -0.2) is 21.3 Å². The first kappa shape index (κ1) is 29.0. The van der Waals surface area contributed by atoms with E-state index in [0.29, 0.717) is 0 Å². The molecule has 0 atom stereocenters. The van der Waals surface area contributed by atoms with Gasteiger partial charge in [-0.3, -0.25) is 0 Å². The average molecular weight is 425 g/mol. The summed E-state index contributed by atoms with van der Waals surface area (Å²) in [6.07, 6.45) is 20.4. The first-order valence-electron chi connectivity index (χ1n) is 8.57. The molecule has 0 aromatic heterocycles. The van der Waals surface area contributed by atoms with Gasteiger partial charge in [0.15, 0.2) is 0 Å². The fourth-order valence-corrected chi connectivity index (χ4v) is 0.534. The SMILES string of the molecule is C#CC(C)(C)C.C#C[Si](C)(C)C.C#Cc1ccccc1.C#[C][Ge]([CH3])([CH3])[CH3]. The molecule has 0 fully saturated rings. The Morgan fingerprint density at radius 2 is 1.15 bits per heavy atom. The quantitative estimate of drug-likeness (QED) is 0.337. The van der Waals surface area contributed by atoms with Crippen LogP contribution in [0.15, 0.2) is 30.3 Å². The molecule has 26 heavy (non-hydrogen) atoms. The number of benzene rings is 1. The van der Waals surface area contributed by atoms with E-state index in [4.69, 9.17) is 25.7 Å². The third-order valence-electron chi connectivity index (χ3n) is 2.24. The van der Waals surface area contributed by atoms with E-state index in [-0.39, 0.29) is 5.41 Å². The molecule has 1 aromatic carbocycles. The van der Waals surface area contributed by atoms with Gasteiger partial charge < -0.3 is 0 Å². The Bertz CT molecular complexity index is 580. The van der Waals surface area contributed by atoms with Crippen LogP contribution in [-0.2, 0) is 0 Å². The summed E-state index contributed by atoms with van der Waals surface area (Å²) < 4.78 is 2.79. The molecule has 0 heterocycles. The Hall–Kier alpha value is -1.78. The molecule has 1 rings (SSSR count). The topological polar surface area (TPSA) is 0 Å². The van der Waals surface area contributed by atoms with E-state index in [1.807, 2.05) is 51.1 Å². The van der Waals surface area contributed by atoms with Gasteiger partial charge in [0.2, 0.25) is 0 Å². The van der Waals surface area contributed by atoms with Crippen LogP contribution in [0, 0.1) is 53.2 Å². The van der Waals surface area contributed by atoms with E-state index >= 15 is 0 Å². The Balaban J connectivity index is -0.000000275. The molecule has 0 nitrogen and oxygen atoms in total. The van der Waals surface area contributed by atoms with E-state index < -0.39 is 21.3 Å².